The molecule has 0 aromatic heterocycles. The van der Waals surface area contributed by atoms with E-state index in [0.29, 0.717) is 23.7 Å². The fourth-order valence-corrected chi connectivity index (χ4v) is 1.52. The zero-order valence-corrected chi connectivity index (χ0v) is 10.4. The van der Waals surface area contributed by atoms with E-state index in [1.165, 1.54) is 0 Å². The van der Waals surface area contributed by atoms with Gasteiger partial charge in [0.2, 0.25) is 5.91 Å². The Bertz CT molecular complexity index is 397. The maximum Gasteiger partial charge on any atom is 0.224 e. The van der Waals surface area contributed by atoms with Crippen LogP contribution in [0.5, 0.6) is 0 Å². The summed E-state index contributed by atoms with van der Waals surface area (Å²) in [6, 6.07) is 3.81. The second kappa shape index (κ2) is 5.01. The molecule has 0 bridgehead atoms. The third kappa shape index (κ3) is 3.26. The number of amides is 1. The molecule has 3 heteroatoms. The highest BCUT2D eigenvalue weighted by atomic mass is 16.1. The van der Waals surface area contributed by atoms with Gasteiger partial charge in [-0.15, -0.1) is 0 Å². The summed E-state index contributed by atoms with van der Waals surface area (Å²) in [4.78, 5) is 11.6. The van der Waals surface area contributed by atoms with Gasteiger partial charge in [0.15, 0.2) is 0 Å². The van der Waals surface area contributed by atoms with Gasteiger partial charge < -0.3 is 11.1 Å². The van der Waals surface area contributed by atoms with Gasteiger partial charge in [-0.3, -0.25) is 4.79 Å². The number of benzene rings is 1. The molecule has 88 valence electrons. The Morgan fingerprint density at radius 1 is 1.31 bits per heavy atom. The first kappa shape index (κ1) is 12.6. The molecule has 0 fully saturated rings. The molecule has 0 aliphatic carbocycles. The van der Waals surface area contributed by atoms with Crippen LogP contribution in [0.15, 0.2) is 12.1 Å². The summed E-state index contributed by atoms with van der Waals surface area (Å²) in [5, 5.41) is 2.85. The second-order valence-corrected chi connectivity index (χ2v) is 4.67. The lowest BCUT2D eigenvalue weighted by molar-refractivity contribution is -0.116. The number of nitrogens with one attached hydrogen (secondary N) is 1. The van der Waals surface area contributed by atoms with Gasteiger partial charge in [-0.05, 0) is 43.0 Å². The average Bonchev–Trinajstić information content (AvgIpc) is 2.12. The van der Waals surface area contributed by atoms with Crippen molar-refractivity contribution in [2.45, 2.75) is 34.1 Å². The third-order valence-corrected chi connectivity index (χ3v) is 2.53. The van der Waals surface area contributed by atoms with Crippen molar-refractivity contribution in [1.29, 1.82) is 0 Å². The predicted octanol–water partition coefficient (Wildman–Crippen LogP) is 2.87. The highest BCUT2D eigenvalue weighted by Gasteiger charge is 2.08. The lowest BCUT2D eigenvalue weighted by Gasteiger charge is -2.12. The minimum atomic E-state index is 0.0185. The monoisotopic (exact) mass is 220 g/mol. The Balaban J connectivity index is 2.81. The molecule has 3 nitrogen and oxygen atoms in total. The van der Waals surface area contributed by atoms with Crippen molar-refractivity contribution < 1.29 is 4.79 Å². The fraction of sp³-hybridized carbons (Fsp3) is 0.462. The summed E-state index contributed by atoms with van der Waals surface area (Å²) in [6.45, 7) is 8.05. The van der Waals surface area contributed by atoms with Crippen molar-refractivity contribution in [2.75, 3.05) is 11.1 Å². The zero-order chi connectivity index (χ0) is 12.3. The number of rotatable bonds is 3. The highest BCUT2D eigenvalue weighted by Crippen LogP contribution is 2.23. The van der Waals surface area contributed by atoms with Gasteiger partial charge in [0.25, 0.3) is 0 Å². The van der Waals surface area contributed by atoms with Crippen LogP contribution in [0.25, 0.3) is 0 Å². The van der Waals surface area contributed by atoms with Crippen LogP contribution < -0.4 is 11.1 Å². The molecule has 0 saturated carbocycles. The molecule has 0 spiro atoms. The first-order chi connectivity index (χ1) is 7.40. The number of carbonyl (C=O) groups is 1. The van der Waals surface area contributed by atoms with E-state index in [1.54, 1.807) is 0 Å². The van der Waals surface area contributed by atoms with Crippen LogP contribution in [0, 0.1) is 19.8 Å². The van der Waals surface area contributed by atoms with Gasteiger partial charge in [0, 0.05) is 6.42 Å². The lowest BCUT2D eigenvalue weighted by atomic mass is 10.1. The number of hydrogen-bond acceptors (Lipinski definition) is 2. The Kier molecular flexibility index (Phi) is 3.93. The minimum Gasteiger partial charge on any atom is -0.397 e. The maximum absolute atomic E-state index is 11.6. The second-order valence-electron chi connectivity index (χ2n) is 4.67. The molecule has 3 N–H and O–H groups in total. The minimum absolute atomic E-state index is 0.0185. The molecule has 1 aromatic rings. The summed E-state index contributed by atoms with van der Waals surface area (Å²) in [6.07, 6.45) is 0.520. The molecule has 0 radical (unpaired) electrons. The van der Waals surface area contributed by atoms with Crippen LogP contribution in [0.1, 0.15) is 31.4 Å². The van der Waals surface area contributed by atoms with Crippen molar-refractivity contribution in [3.8, 4) is 0 Å². The molecule has 1 aromatic carbocycles. The maximum atomic E-state index is 11.6. The first-order valence-electron chi connectivity index (χ1n) is 5.56. The normalized spacial score (nSPS) is 10.6. The third-order valence-electron chi connectivity index (χ3n) is 2.53. The number of aryl methyl sites for hydroxylation is 2. The van der Waals surface area contributed by atoms with Crippen molar-refractivity contribution >= 4 is 17.3 Å². The SMILES string of the molecule is Cc1cc(N)c(NC(=O)CC(C)C)cc1C. The van der Waals surface area contributed by atoms with E-state index in [0.717, 1.165) is 11.1 Å². The number of nitrogen functional groups attached to an aromatic ring is 1. The molecule has 0 saturated heterocycles. The van der Waals surface area contributed by atoms with Gasteiger partial charge in [0.05, 0.1) is 11.4 Å². The lowest BCUT2D eigenvalue weighted by Crippen LogP contribution is -2.15. The van der Waals surface area contributed by atoms with Gasteiger partial charge in [-0.25, -0.2) is 0 Å². The van der Waals surface area contributed by atoms with Crippen LogP contribution in [-0.2, 0) is 4.79 Å². The van der Waals surface area contributed by atoms with Crippen molar-refractivity contribution in [2.24, 2.45) is 5.92 Å². The summed E-state index contributed by atoms with van der Waals surface area (Å²) in [5.41, 5.74) is 9.47. The van der Waals surface area contributed by atoms with E-state index in [2.05, 4.69) is 5.32 Å². The van der Waals surface area contributed by atoms with Crippen LogP contribution in [0.2, 0.25) is 0 Å². The Morgan fingerprint density at radius 2 is 1.88 bits per heavy atom. The van der Waals surface area contributed by atoms with E-state index in [9.17, 15) is 4.79 Å². The van der Waals surface area contributed by atoms with E-state index in [-0.39, 0.29) is 5.91 Å². The van der Waals surface area contributed by atoms with Gasteiger partial charge in [-0.2, -0.15) is 0 Å². The fourth-order valence-electron chi connectivity index (χ4n) is 1.52. The smallest absolute Gasteiger partial charge is 0.224 e. The Hall–Kier alpha value is -1.51. The highest BCUT2D eigenvalue weighted by molar-refractivity contribution is 5.94. The standard InChI is InChI=1S/C13H20N2O/c1-8(2)5-13(16)15-12-7-10(4)9(3)6-11(12)14/h6-8H,5,14H2,1-4H3,(H,15,16). The number of hydrogen-bond donors (Lipinski definition) is 2. The van der Waals surface area contributed by atoms with Gasteiger partial charge >= 0.3 is 0 Å². The summed E-state index contributed by atoms with van der Waals surface area (Å²) >= 11 is 0. The molecule has 0 aliphatic rings. The molecule has 1 amide bonds. The van der Waals surface area contributed by atoms with Crippen LogP contribution in [0.4, 0.5) is 11.4 Å². The zero-order valence-electron chi connectivity index (χ0n) is 10.4. The van der Waals surface area contributed by atoms with Crippen LogP contribution in [0.3, 0.4) is 0 Å². The predicted molar refractivity (Wildman–Crippen MR) is 68.4 cm³/mol. The van der Waals surface area contributed by atoms with Crippen LogP contribution in [-0.4, -0.2) is 5.91 Å². The molecule has 0 heterocycles. The number of carbonyl (C=O) groups excluding carboxylic acids is 1. The molecular formula is C13H20N2O. The number of nitrogens with two attached hydrogens (primary N) is 1. The van der Waals surface area contributed by atoms with E-state index in [1.807, 2.05) is 39.8 Å². The summed E-state index contributed by atoms with van der Waals surface area (Å²) in [7, 11) is 0. The van der Waals surface area contributed by atoms with E-state index in [4.69, 9.17) is 5.73 Å². The van der Waals surface area contributed by atoms with Gasteiger partial charge in [-0.1, -0.05) is 13.8 Å². The van der Waals surface area contributed by atoms with E-state index >= 15 is 0 Å². The number of anilines is 2. The molecule has 0 aliphatic heterocycles. The quantitative estimate of drug-likeness (QED) is 0.769. The van der Waals surface area contributed by atoms with E-state index < -0.39 is 0 Å². The molecular weight excluding hydrogens is 200 g/mol. The Morgan fingerprint density at radius 3 is 2.44 bits per heavy atom. The largest absolute Gasteiger partial charge is 0.397 e. The van der Waals surface area contributed by atoms with Crippen molar-refractivity contribution in [3.63, 3.8) is 0 Å². The van der Waals surface area contributed by atoms with Crippen molar-refractivity contribution in [1.82, 2.24) is 0 Å². The summed E-state index contributed by atoms with van der Waals surface area (Å²) < 4.78 is 0. The molecule has 0 atom stereocenters. The van der Waals surface area contributed by atoms with Crippen molar-refractivity contribution in [3.05, 3.63) is 23.3 Å². The van der Waals surface area contributed by atoms with Gasteiger partial charge in [0.1, 0.15) is 0 Å². The first-order valence-corrected chi connectivity index (χ1v) is 5.56. The van der Waals surface area contributed by atoms with Crippen LogP contribution >= 0.6 is 0 Å². The summed E-state index contributed by atoms with van der Waals surface area (Å²) in [5.74, 6) is 0.373. The molecule has 1 rings (SSSR count). The molecule has 0 unspecified atom stereocenters. The Labute approximate surface area is 97.0 Å². The average molecular weight is 220 g/mol. The molecule has 16 heavy (non-hydrogen) atoms. The topological polar surface area (TPSA) is 55.1 Å².